The lowest BCUT2D eigenvalue weighted by atomic mass is 10.0. The number of carbonyl (C=O) groups excluding carboxylic acids is 3. The molecule has 498 valence electrons. The van der Waals surface area contributed by atoms with E-state index in [0.717, 1.165) is 96.3 Å². The van der Waals surface area contributed by atoms with Crippen LogP contribution in [0.15, 0.2) is 122 Å². The second-order valence-corrected chi connectivity index (χ2v) is 24.8. The molecule has 0 aliphatic heterocycles. The van der Waals surface area contributed by atoms with Crippen molar-refractivity contribution in [2.75, 3.05) is 47.5 Å². The summed E-state index contributed by atoms with van der Waals surface area (Å²) >= 11 is 0. The third-order valence-electron chi connectivity index (χ3n) is 15.2. The van der Waals surface area contributed by atoms with Crippen LogP contribution in [-0.4, -0.2) is 82.3 Å². The normalized spacial score (nSPS) is 13.4. The Morgan fingerprint density at radius 2 is 0.655 bits per heavy atom. The van der Waals surface area contributed by atoms with Crippen molar-refractivity contribution in [2.45, 2.75) is 309 Å². The first-order valence-corrected chi connectivity index (χ1v) is 35.7. The number of allylic oxidation sites excluding steroid dienone is 20. The summed E-state index contributed by atoms with van der Waals surface area (Å²) in [6.45, 7) is 4.64. The third-order valence-corrected chi connectivity index (χ3v) is 15.2. The van der Waals surface area contributed by atoms with Crippen molar-refractivity contribution in [3.63, 3.8) is 0 Å². The molecule has 87 heavy (non-hydrogen) atoms. The molecule has 2 unspecified atom stereocenters. The van der Waals surface area contributed by atoms with Crippen LogP contribution in [0.1, 0.15) is 296 Å². The zero-order valence-corrected chi connectivity index (χ0v) is 56.9. The average Bonchev–Trinajstić information content (AvgIpc) is 3.57. The fourth-order valence-corrected chi connectivity index (χ4v) is 9.76. The number of aliphatic carboxylic acids is 1. The van der Waals surface area contributed by atoms with E-state index in [9.17, 15) is 19.5 Å². The van der Waals surface area contributed by atoms with E-state index in [1.165, 1.54) is 167 Å². The van der Waals surface area contributed by atoms with E-state index in [2.05, 4.69) is 135 Å². The van der Waals surface area contributed by atoms with Gasteiger partial charge in [-0.15, -0.1) is 0 Å². The number of hydrogen-bond acceptors (Lipinski definition) is 8. The summed E-state index contributed by atoms with van der Waals surface area (Å²) in [5, 5.41) is 11.8. The van der Waals surface area contributed by atoms with Crippen LogP contribution in [0.3, 0.4) is 0 Å². The molecule has 9 nitrogen and oxygen atoms in total. The number of hydrogen-bond donors (Lipinski definition) is 0. The largest absolute Gasteiger partial charge is 0.545 e. The van der Waals surface area contributed by atoms with E-state index in [1.54, 1.807) is 0 Å². The first-order chi connectivity index (χ1) is 42.6. The molecule has 0 saturated carbocycles. The summed E-state index contributed by atoms with van der Waals surface area (Å²) < 4.78 is 22.8. The van der Waals surface area contributed by atoms with Crippen molar-refractivity contribution < 1.29 is 42.9 Å². The maximum absolute atomic E-state index is 12.9. The quantitative estimate of drug-likeness (QED) is 0.0195. The fourth-order valence-electron chi connectivity index (χ4n) is 9.76. The van der Waals surface area contributed by atoms with Crippen LogP contribution in [0.25, 0.3) is 0 Å². The second kappa shape index (κ2) is 67.6. The molecule has 0 N–H and O–H groups in total. The number of carboxylic acids is 1. The maximum atomic E-state index is 12.9. The molecule has 0 fully saturated rings. The van der Waals surface area contributed by atoms with Gasteiger partial charge in [0.05, 0.1) is 40.3 Å². The molecule has 0 amide bonds. The van der Waals surface area contributed by atoms with Gasteiger partial charge in [-0.1, -0.05) is 296 Å². The van der Waals surface area contributed by atoms with Crippen LogP contribution in [0.4, 0.5) is 0 Å². The SMILES string of the molecule is CC/C=C\C/C=C\C/C=C\C/C=C\C/C=C\C/C=C\C/C=C\C/C=C\CCCCCCCCCCCCCCC(=O)OC(COC(=O)CCCCCCCCCCCCCCC/C=C\C/C=C\CCCCCCC)COC(OCC[N+](C)(C)C)C(=O)[O-]. The number of ether oxygens (including phenoxy) is 4. The Morgan fingerprint density at radius 3 is 0.977 bits per heavy atom. The van der Waals surface area contributed by atoms with Gasteiger partial charge in [0, 0.05) is 12.8 Å². The number of esters is 2. The van der Waals surface area contributed by atoms with Crippen molar-refractivity contribution in [1.29, 1.82) is 0 Å². The lowest BCUT2D eigenvalue weighted by Gasteiger charge is -2.26. The Hall–Kier alpha value is -4.31. The Labute approximate surface area is 536 Å². The van der Waals surface area contributed by atoms with Gasteiger partial charge >= 0.3 is 11.9 Å². The summed E-state index contributed by atoms with van der Waals surface area (Å²) in [5.41, 5.74) is 0. The van der Waals surface area contributed by atoms with Gasteiger partial charge in [-0.05, 0) is 109 Å². The molecule has 0 aliphatic carbocycles. The van der Waals surface area contributed by atoms with Crippen LogP contribution in [0.5, 0.6) is 0 Å². The maximum Gasteiger partial charge on any atom is 0.306 e. The molecular formula is C78H133NO8. The highest BCUT2D eigenvalue weighted by Crippen LogP contribution is 2.17. The van der Waals surface area contributed by atoms with Crippen molar-refractivity contribution >= 4 is 17.9 Å². The van der Waals surface area contributed by atoms with Gasteiger partial charge in [-0.25, -0.2) is 0 Å². The number of likely N-dealkylation sites (N-methyl/N-ethyl adjacent to an activating group) is 1. The molecule has 0 saturated heterocycles. The number of unbranched alkanes of at least 4 members (excludes halogenated alkanes) is 30. The first kappa shape index (κ1) is 82.7. The molecule has 9 heteroatoms. The van der Waals surface area contributed by atoms with Gasteiger partial charge in [-0.2, -0.15) is 0 Å². The van der Waals surface area contributed by atoms with Crippen LogP contribution >= 0.6 is 0 Å². The number of carbonyl (C=O) groups is 3. The molecule has 0 aliphatic rings. The molecule has 0 radical (unpaired) electrons. The smallest absolute Gasteiger partial charge is 0.306 e. The lowest BCUT2D eigenvalue weighted by molar-refractivity contribution is -0.870. The van der Waals surface area contributed by atoms with Crippen molar-refractivity contribution in [3.8, 4) is 0 Å². The Kier molecular flexibility index (Phi) is 64.3. The van der Waals surface area contributed by atoms with E-state index in [4.69, 9.17) is 18.9 Å². The predicted molar refractivity (Wildman–Crippen MR) is 370 cm³/mol. The van der Waals surface area contributed by atoms with Gasteiger partial charge in [-0.3, -0.25) is 9.59 Å². The zero-order chi connectivity index (χ0) is 63.3. The number of carboxylic acid groups (broad SMARTS) is 1. The summed E-state index contributed by atoms with van der Waals surface area (Å²) in [4.78, 5) is 37.5. The van der Waals surface area contributed by atoms with Crippen LogP contribution in [-0.2, 0) is 33.3 Å². The first-order valence-electron chi connectivity index (χ1n) is 35.7. The molecule has 0 spiro atoms. The fraction of sp³-hybridized carbons (Fsp3) is 0.705. The van der Waals surface area contributed by atoms with Crippen LogP contribution in [0, 0.1) is 0 Å². The highest BCUT2D eigenvalue weighted by atomic mass is 16.7. The van der Waals surface area contributed by atoms with Crippen molar-refractivity contribution in [1.82, 2.24) is 0 Å². The van der Waals surface area contributed by atoms with Gasteiger partial charge in [0.2, 0.25) is 0 Å². The number of rotatable bonds is 65. The Morgan fingerprint density at radius 1 is 0.356 bits per heavy atom. The van der Waals surface area contributed by atoms with Gasteiger partial charge in [0.1, 0.15) is 13.2 Å². The Balaban J connectivity index is 4.13. The molecule has 0 heterocycles. The monoisotopic (exact) mass is 1210 g/mol. The van der Waals surface area contributed by atoms with Gasteiger partial charge < -0.3 is 33.3 Å². The Bertz CT molecular complexity index is 1840. The summed E-state index contributed by atoms with van der Waals surface area (Å²) in [5.74, 6) is -2.28. The summed E-state index contributed by atoms with van der Waals surface area (Å²) in [7, 11) is 5.93. The molecule has 2 atom stereocenters. The van der Waals surface area contributed by atoms with E-state index >= 15 is 0 Å². The standard InChI is InChI=1S/C78H133NO8/c1-6-8-10-12-14-16-18-20-22-24-26-28-30-32-33-34-35-36-37-38-39-40-41-42-43-45-47-49-51-53-55-57-59-61-63-65-67-69-76(81)87-74(73-86-78(77(82)83)84-71-70-79(3,4)5)72-85-75(80)68-66-64-62-60-58-56-54-52-50-48-46-44-31-29-27-25-23-21-19-17-15-13-11-9-7-2/h8,10,14,16,19-22,25-28,32-33,35-36,38-39,41-42,74,78H,6-7,9,11-13,15,17-18,23-24,29-31,34,37,40,43-73H2,1-5H3/b10-8-,16-14-,21-19-,22-20-,27-25-,28-26-,33-32-,36-35-,39-38-,42-41-. The zero-order valence-electron chi connectivity index (χ0n) is 56.9. The average molecular weight is 1210 g/mol. The minimum Gasteiger partial charge on any atom is -0.545 e. The summed E-state index contributed by atoms with van der Waals surface area (Å²) in [6, 6.07) is 0. The molecule has 0 rings (SSSR count). The van der Waals surface area contributed by atoms with Crippen LogP contribution < -0.4 is 5.11 Å². The molecule has 0 bridgehead atoms. The third kappa shape index (κ3) is 69.0. The minimum atomic E-state index is -1.63. The topological polar surface area (TPSA) is 111 Å². The molecular weight excluding hydrogens is 1080 g/mol. The molecule has 0 aromatic carbocycles. The van der Waals surface area contributed by atoms with Gasteiger partial charge in [0.15, 0.2) is 12.4 Å². The number of nitrogens with zero attached hydrogens (tertiary/aromatic N) is 1. The van der Waals surface area contributed by atoms with E-state index in [1.807, 2.05) is 21.1 Å². The summed E-state index contributed by atoms with van der Waals surface area (Å²) in [6.07, 6.45) is 92.7. The second-order valence-electron chi connectivity index (χ2n) is 24.8. The van der Waals surface area contributed by atoms with Gasteiger partial charge in [0.25, 0.3) is 0 Å². The van der Waals surface area contributed by atoms with Crippen LogP contribution in [0.2, 0.25) is 0 Å². The van der Waals surface area contributed by atoms with E-state index in [-0.39, 0.29) is 38.6 Å². The highest BCUT2D eigenvalue weighted by Gasteiger charge is 2.22. The van der Waals surface area contributed by atoms with Crippen molar-refractivity contribution in [3.05, 3.63) is 122 Å². The van der Waals surface area contributed by atoms with Crippen molar-refractivity contribution in [2.24, 2.45) is 0 Å². The highest BCUT2D eigenvalue weighted by molar-refractivity contribution is 5.70. The number of quaternary nitrogens is 1. The lowest BCUT2D eigenvalue weighted by Crippen LogP contribution is -2.44. The molecule has 0 aromatic heterocycles. The molecule has 0 aromatic rings. The van der Waals surface area contributed by atoms with E-state index in [0.29, 0.717) is 17.4 Å². The predicted octanol–water partition coefficient (Wildman–Crippen LogP) is 21.0. The minimum absolute atomic E-state index is 0.143. The van der Waals surface area contributed by atoms with E-state index < -0.39 is 24.3 Å².